The van der Waals surface area contributed by atoms with Crippen LogP contribution in [0.15, 0.2) is 0 Å². The molecule has 0 aromatic heterocycles. The van der Waals surface area contributed by atoms with Gasteiger partial charge < -0.3 is 0 Å². The van der Waals surface area contributed by atoms with Gasteiger partial charge in [-0.15, -0.1) is 0 Å². The Bertz CT molecular complexity index is 331. The van der Waals surface area contributed by atoms with Gasteiger partial charge in [0.05, 0.1) is 16.8 Å². The molecule has 0 atom stereocenters. The molecule has 0 aliphatic rings. The summed E-state index contributed by atoms with van der Waals surface area (Å²) in [5.74, 6) is 0. The molecule has 0 aromatic rings. The summed E-state index contributed by atoms with van der Waals surface area (Å²) in [6, 6.07) is 0. The van der Waals surface area contributed by atoms with Crippen molar-refractivity contribution in [2.45, 2.75) is 118 Å². The number of rotatable bonds is 12. The molecular formula is C18H39O4P. The van der Waals surface area contributed by atoms with Crippen molar-refractivity contribution in [2.24, 2.45) is 0 Å². The van der Waals surface area contributed by atoms with E-state index in [0.717, 1.165) is 38.5 Å². The van der Waals surface area contributed by atoms with Crippen LogP contribution in [0.2, 0.25) is 0 Å². The lowest BCUT2D eigenvalue weighted by atomic mass is 10.0. The molecule has 0 amide bonds. The topological polar surface area (TPSA) is 44.8 Å². The minimum absolute atomic E-state index is 0.547. The first kappa shape index (κ1) is 23.1. The quantitative estimate of drug-likeness (QED) is 0.360. The zero-order chi connectivity index (χ0) is 18.4. The van der Waals surface area contributed by atoms with E-state index in [1.807, 2.05) is 41.5 Å². The average molecular weight is 350 g/mol. The summed E-state index contributed by atoms with van der Waals surface area (Å²) in [5, 5.41) is 0. The Hall–Kier alpha value is 0.110. The van der Waals surface area contributed by atoms with E-state index in [9.17, 15) is 4.57 Å². The molecule has 0 heterocycles. The van der Waals surface area contributed by atoms with Crippen molar-refractivity contribution in [2.75, 3.05) is 0 Å². The number of phosphoric acid groups is 1. The second kappa shape index (κ2) is 8.99. The third kappa shape index (κ3) is 9.86. The van der Waals surface area contributed by atoms with Gasteiger partial charge in [-0.2, -0.15) is 0 Å². The Morgan fingerprint density at radius 1 is 0.609 bits per heavy atom. The van der Waals surface area contributed by atoms with Gasteiger partial charge in [-0.05, 0) is 60.8 Å². The largest absolute Gasteiger partial charge is 0.476 e. The average Bonchev–Trinajstić information content (AvgIpc) is 2.23. The fourth-order valence-corrected chi connectivity index (χ4v) is 5.11. The van der Waals surface area contributed by atoms with Crippen molar-refractivity contribution < 1.29 is 18.1 Å². The molecule has 0 bridgehead atoms. The van der Waals surface area contributed by atoms with Gasteiger partial charge in [-0.1, -0.05) is 40.0 Å². The first-order valence-corrected chi connectivity index (χ1v) is 10.5. The van der Waals surface area contributed by atoms with Gasteiger partial charge in [0.25, 0.3) is 0 Å². The van der Waals surface area contributed by atoms with Crippen LogP contribution in [-0.4, -0.2) is 16.8 Å². The van der Waals surface area contributed by atoms with Crippen LogP contribution >= 0.6 is 7.82 Å². The lowest BCUT2D eigenvalue weighted by Gasteiger charge is -2.38. The number of hydrogen-bond acceptors (Lipinski definition) is 4. The smallest absolute Gasteiger partial charge is 0.281 e. The SMILES string of the molecule is CCCC(C)(C)OP(=O)(OC(C)(C)CCC)OC(C)(C)CCC. The van der Waals surface area contributed by atoms with E-state index in [1.165, 1.54) is 0 Å². The van der Waals surface area contributed by atoms with Gasteiger partial charge in [0, 0.05) is 0 Å². The van der Waals surface area contributed by atoms with Gasteiger partial charge >= 0.3 is 7.82 Å². The molecule has 0 aromatic carbocycles. The van der Waals surface area contributed by atoms with E-state index in [4.69, 9.17) is 13.6 Å². The van der Waals surface area contributed by atoms with Crippen LogP contribution < -0.4 is 0 Å². The molecule has 0 fully saturated rings. The minimum atomic E-state index is -3.67. The van der Waals surface area contributed by atoms with E-state index in [1.54, 1.807) is 0 Å². The maximum absolute atomic E-state index is 13.4. The third-order valence-electron chi connectivity index (χ3n) is 3.63. The highest BCUT2D eigenvalue weighted by molar-refractivity contribution is 7.48. The lowest BCUT2D eigenvalue weighted by Crippen LogP contribution is -2.32. The van der Waals surface area contributed by atoms with Crippen LogP contribution in [0.1, 0.15) is 101 Å². The zero-order valence-corrected chi connectivity index (χ0v) is 17.7. The highest BCUT2D eigenvalue weighted by Crippen LogP contribution is 2.59. The predicted molar refractivity (Wildman–Crippen MR) is 97.8 cm³/mol. The molecule has 0 N–H and O–H groups in total. The minimum Gasteiger partial charge on any atom is -0.281 e. The van der Waals surface area contributed by atoms with E-state index in [0.29, 0.717) is 0 Å². The van der Waals surface area contributed by atoms with Gasteiger partial charge in [0.15, 0.2) is 0 Å². The molecule has 0 saturated heterocycles. The molecule has 0 unspecified atom stereocenters. The zero-order valence-electron chi connectivity index (χ0n) is 16.8. The summed E-state index contributed by atoms with van der Waals surface area (Å²) in [6.45, 7) is 17.9. The van der Waals surface area contributed by atoms with Gasteiger partial charge in [0.1, 0.15) is 0 Å². The Labute approximate surface area is 144 Å². The first-order valence-electron chi connectivity index (χ1n) is 9.02. The normalized spacial score (nSPS) is 14.3. The van der Waals surface area contributed by atoms with E-state index >= 15 is 0 Å². The standard InChI is InChI=1S/C18H39O4P/c1-10-13-16(4,5)20-23(19,21-17(6,7)14-11-2)22-18(8,9)15-12-3/h10-15H2,1-9H3. The van der Waals surface area contributed by atoms with Gasteiger partial charge in [-0.3, -0.25) is 13.6 Å². The van der Waals surface area contributed by atoms with Crippen LogP contribution in [0.25, 0.3) is 0 Å². The van der Waals surface area contributed by atoms with Crippen LogP contribution in [0.5, 0.6) is 0 Å². The predicted octanol–water partition coefficient (Wildman–Crippen LogP) is 6.88. The summed E-state index contributed by atoms with van der Waals surface area (Å²) in [6.07, 6.45) is 5.24. The summed E-state index contributed by atoms with van der Waals surface area (Å²) in [4.78, 5) is 0. The van der Waals surface area contributed by atoms with Crippen molar-refractivity contribution in [3.05, 3.63) is 0 Å². The van der Waals surface area contributed by atoms with Gasteiger partial charge in [0.2, 0.25) is 0 Å². The molecular weight excluding hydrogens is 311 g/mol. The van der Waals surface area contributed by atoms with Crippen LogP contribution in [-0.2, 0) is 18.1 Å². The van der Waals surface area contributed by atoms with E-state index < -0.39 is 24.6 Å². The van der Waals surface area contributed by atoms with Crippen molar-refractivity contribution in [1.29, 1.82) is 0 Å². The number of hydrogen-bond donors (Lipinski definition) is 0. The van der Waals surface area contributed by atoms with Crippen molar-refractivity contribution in [3.8, 4) is 0 Å². The summed E-state index contributed by atoms with van der Waals surface area (Å²) < 4.78 is 31.2. The highest BCUT2D eigenvalue weighted by atomic mass is 31.2. The Morgan fingerprint density at radius 3 is 1.00 bits per heavy atom. The molecule has 0 spiro atoms. The summed E-state index contributed by atoms with van der Waals surface area (Å²) in [7, 11) is -3.67. The second-order valence-corrected chi connectivity index (χ2v) is 9.69. The monoisotopic (exact) mass is 350 g/mol. The molecule has 23 heavy (non-hydrogen) atoms. The number of phosphoric ester groups is 1. The lowest BCUT2D eigenvalue weighted by molar-refractivity contribution is -0.0472. The fraction of sp³-hybridized carbons (Fsp3) is 1.00. The molecule has 0 aliphatic heterocycles. The first-order chi connectivity index (χ1) is 10.3. The summed E-state index contributed by atoms with van der Waals surface area (Å²) >= 11 is 0. The maximum atomic E-state index is 13.4. The van der Waals surface area contributed by atoms with E-state index in [-0.39, 0.29) is 0 Å². The molecule has 0 aliphatic carbocycles. The Balaban J connectivity index is 5.39. The molecule has 0 saturated carbocycles. The Kier molecular flexibility index (Phi) is 9.03. The molecule has 0 rings (SSSR count). The molecule has 140 valence electrons. The van der Waals surface area contributed by atoms with Crippen molar-refractivity contribution in [1.82, 2.24) is 0 Å². The second-order valence-electron chi connectivity index (χ2n) is 8.25. The fourth-order valence-electron chi connectivity index (χ4n) is 2.91. The molecule has 4 nitrogen and oxygen atoms in total. The van der Waals surface area contributed by atoms with E-state index in [2.05, 4.69) is 20.8 Å². The highest BCUT2D eigenvalue weighted by Gasteiger charge is 2.43. The van der Waals surface area contributed by atoms with Crippen LogP contribution in [0.4, 0.5) is 0 Å². The molecule has 0 radical (unpaired) electrons. The van der Waals surface area contributed by atoms with Crippen molar-refractivity contribution >= 4 is 7.82 Å². The van der Waals surface area contributed by atoms with Crippen molar-refractivity contribution in [3.63, 3.8) is 0 Å². The molecule has 5 heteroatoms. The van der Waals surface area contributed by atoms with Crippen LogP contribution in [0, 0.1) is 0 Å². The Morgan fingerprint density at radius 2 is 0.826 bits per heavy atom. The summed E-state index contributed by atoms with van der Waals surface area (Å²) in [5.41, 5.74) is -1.64. The van der Waals surface area contributed by atoms with Crippen LogP contribution in [0.3, 0.4) is 0 Å². The van der Waals surface area contributed by atoms with Gasteiger partial charge in [-0.25, -0.2) is 4.57 Å². The third-order valence-corrected chi connectivity index (χ3v) is 5.79. The maximum Gasteiger partial charge on any atom is 0.476 e.